The molecule has 0 aliphatic carbocycles. The molecule has 0 saturated carbocycles. The monoisotopic (exact) mass is 345 g/mol. The van der Waals surface area contributed by atoms with Crippen molar-refractivity contribution in [1.82, 2.24) is 20.2 Å². The summed E-state index contributed by atoms with van der Waals surface area (Å²) in [5.41, 5.74) is -0.843. The molecule has 1 aliphatic heterocycles. The molecule has 0 aromatic carbocycles. The molecule has 1 aliphatic rings. The van der Waals surface area contributed by atoms with E-state index in [0.29, 0.717) is 18.9 Å². The highest BCUT2D eigenvalue weighted by Gasteiger charge is 2.33. The summed E-state index contributed by atoms with van der Waals surface area (Å²) in [5.74, 6) is 1.93. The second-order valence-electron chi connectivity index (χ2n) is 5.59. The smallest absolute Gasteiger partial charge is 0.355 e. The van der Waals surface area contributed by atoms with Gasteiger partial charge in [0.05, 0.1) is 10.6 Å². The highest BCUT2D eigenvalue weighted by Crippen LogP contribution is 2.35. The van der Waals surface area contributed by atoms with Crippen LogP contribution in [0.25, 0.3) is 0 Å². The van der Waals surface area contributed by atoms with E-state index >= 15 is 0 Å². The normalized spacial score (nSPS) is 19.2. The maximum atomic E-state index is 12.7. The van der Waals surface area contributed by atoms with Crippen LogP contribution in [0.5, 0.6) is 0 Å². The molecular weight excluding hydrogens is 331 g/mol. The van der Waals surface area contributed by atoms with Gasteiger partial charge in [0.25, 0.3) is 0 Å². The van der Waals surface area contributed by atoms with Crippen molar-refractivity contribution in [3.63, 3.8) is 0 Å². The molecule has 124 valence electrons. The lowest BCUT2D eigenvalue weighted by Crippen LogP contribution is -2.35. The molecule has 9 heteroatoms. The van der Waals surface area contributed by atoms with Crippen LogP contribution in [0, 0.1) is 6.92 Å². The first-order valence-corrected chi connectivity index (χ1v) is 7.59. The molecule has 1 saturated heterocycles. The zero-order chi connectivity index (χ0) is 16.6. The molecule has 0 amide bonds. The molecule has 1 N–H and O–H groups in total. The molecule has 5 nitrogen and oxygen atoms in total. The number of pyridine rings is 1. The van der Waals surface area contributed by atoms with Gasteiger partial charge in [-0.05, 0) is 25.8 Å². The molecular formula is C14H15ClF3N5. The highest BCUT2D eigenvalue weighted by molar-refractivity contribution is 6.33. The van der Waals surface area contributed by atoms with Gasteiger partial charge in [-0.1, -0.05) is 11.6 Å². The van der Waals surface area contributed by atoms with Crippen LogP contribution in [0.2, 0.25) is 5.02 Å². The van der Waals surface area contributed by atoms with E-state index in [4.69, 9.17) is 11.6 Å². The molecule has 1 atom stereocenters. The van der Waals surface area contributed by atoms with Crippen LogP contribution in [-0.4, -0.2) is 33.3 Å². The number of halogens is 4. The first-order valence-electron chi connectivity index (χ1n) is 7.21. The summed E-state index contributed by atoms with van der Waals surface area (Å²) >= 11 is 6.03. The standard InChI is InChI=1S/C14H15ClF3N5/c1-8-20-12(22-21-8)9-3-2-4-23(7-9)13-11(15)5-10(6-19-13)14(16,17)18/h5-6,9H,2-4,7H2,1H3,(H,20,21,22). The summed E-state index contributed by atoms with van der Waals surface area (Å²) in [7, 11) is 0. The van der Waals surface area contributed by atoms with E-state index in [2.05, 4.69) is 20.2 Å². The van der Waals surface area contributed by atoms with E-state index in [-0.39, 0.29) is 10.9 Å². The molecule has 0 radical (unpaired) electrons. The van der Waals surface area contributed by atoms with Crippen molar-refractivity contribution < 1.29 is 13.2 Å². The quantitative estimate of drug-likeness (QED) is 0.904. The van der Waals surface area contributed by atoms with Crippen LogP contribution in [0.15, 0.2) is 12.3 Å². The predicted octanol–water partition coefficient (Wildman–Crippen LogP) is 3.56. The van der Waals surface area contributed by atoms with E-state index in [1.54, 1.807) is 0 Å². The van der Waals surface area contributed by atoms with Crippen molar-refractivity contribution in [1.29, 1.82) is 0 Å². The second-order valence-corrected chi connectivity index (χ2v) is 6.00. The lowest BCUT2D eigenvalue weighted by Gasteiger charge is -2.32. The van der Waals surface area contributed by atoms with Gasteiger partial charge in [0.1, 0.15) is 11.6 Å². The molecule has 3 heterocycles. The molecule has 2 aromatic heterocycles. The van der Waals surface area contributed by atoms with Crippen LogP contribution in [0.3, 0.4) is 0 Å². The number of nitrogens with zero attached hydrogens (tertiary/aromatic N) is 4. The number of piperidine rings is 1. The summed E-state index contributed by atoms with van der Waals surface area (Å²) in [6.07, 6.45) is -1.83. The predicted molar refractivity (Wildman–Crippen MR) is 79.6 cm³/mol. The van der Waals surface area contributed by atoms with Gasteiger partial charge < -0.3 is 4.90 Å². The Bertz CT molecular complexity index is 700. The number of H-pyrrole nitrogens is 1. The first-order chi connectivity index (χ1) is 10.8. The average Bonchev–Trinajstić information content (AvgIpc) is 2.93. The minimum Gasteiger partial charge on any atom is -0.355 e. The average molecular weight is 346 g/mol. The third kappa shape index (κ3) is 3.41. The fourth-order valence-electron chi connectivity index (χ4n) is 2.74. The molecule has 1 fully saturated rings. The molecule has 1 unspecified atom stereocenters. The van der Waals surface area contributed by atoms with Crippen LogP contribution in [0.1, 0.15) is 36.0 Å². The van der Waals surface area contributed by atoms with Gasteiger partial charge in [-0.3, -0.25) is 5.10 Å². The third-order valence-electron chi connectivity index (χ3n) is 3.85. The van der Waals surface area contributed by atoms with E-state index in [9.17, 15) is 13.2 Å². The van der Waals surface area contributed by atoms with Crippen molar-refractivity contribution in [2.45, 2.75) is 31.9 Å². The Kier molecular flexibility index (Phi) is 4.18. The molecule has 0 bridgehead atoms. The van der Waals surface area contributed by atoms with Crippen molar-refractivity contribution in [3.8, 4) is 0 Å². The van der Waals surface area contributed by atoms with Crippen LogP contribution in [-0.2, 0) is 6.18 Å². The number of anilines is 1. The minimum atomic E-state index is -4.45. The zero-order valence-electron chi connectivity index (χ0n) is 12.4. The van der Waals surface area contributed by atoms with Gasteiger partial charge in [-0.25, -0.2) is 9.97 Å². The molecule has 2 aromatic rings. The number of aromatic amines is 1. The number of aromatic nitrogens is 4. The fraction of sp³-hybridized carbons (Fsp3) is 0.500. The minimum absolute atomic E-state index is 0.00615. The van der Waals surface area contributed by atoms with E-state index in [1.165, 1.54) is 0 Å². The first kappa shape index (κ1) is 16.0. The van der Waals surface area contributed by atoms with Crippen molar-refractivity contribution in [3.05, 3.63) is 34.5 Å². The number of alkyl halides is 3. The summed E-state index contributed by atoms with van der Waals surface area (Å²) < 4.78 is 38.1. The van der Waals surface area contributed by atoms with E-state index < -0.39 is 11.7 Å². The Balaban J connectivity index is 1.81. The molecule has 23 heavy (non-hydrogen) atoms. The van der Waals surface area contributed by atoms with Crippen molar-refractivity contribution in [2.75, 3.05) is 18.0 Å². The summed E-state index contributed by atoms with van der Waals surface area (Å²) in [6, 6.07) is 0.921. The number of hydrogen-bond acceptors (Lipinski definition) is 4. The van der Waals surface area contributed by atoms with Gasteiger partial charge in [0.2, 0.25) is 0 Å². The lowest BCUT2D eigenvalue weighted by atomic mass is 9.97. The Hall–Kier alpha value is -1.83. The zero-order valence-corrected chi connectivity index (χ0v) is 13.1. The Morgan fingerprint density at radius 1 is 1.39 bits per heavy atom. The number of aryl methyl sites for hydroxylation is 1. The second kappa shape index (κ2) is 5.99. The summed E-state index contributed by atoms with van der Waals surface area (Å²) in [6.45, 7) is 3.10. The van der Waals surface area contributed by atoms with Gasteiger partial charge in [-0.2, -0.15) is 18.3 Å². The molecule has 0 spiro atoms. The maximum absolute atomic E-state index is 12.7. The number of hydrogen-bond donors (Lipinski definition) is 1. The lowest BCUT2D eigenvalue weighted by molar-refractivity contribution is -0.137. The number of nitrogens with one attached hydrogen (secondary N) is 1. The summed E-state index contributed by atoms with van der Waals surface area (Å²) in [4.78, 5) is 10.2. The van der Waals surface area contributed by atoms with E-state index in [1.807, 2.05) is 11.8 Å². The third-order valence-corrected chi connectivity index (χ3v) is 4.13. The van der Waals surface area contributed by atoms with Gasteiger partial charge in [0.15, 0.2) is 5.82 Å². The van der Waals surface area contributed by atoms with Crippen LogP contribution >= 0.6 is 11.6 Å². The van der Waals surface area contributed by atoms with E-state index in [0.717, 1.165) is 36.8 Å². The van der Waals surface area contributed by atoms with Crippen LogP contribution < -0.4 is 4.90 Å². The van der Waals surface area contributed by atoms with Gasteiger partial charge in [-0.15, -0.1) is 0 Å². The topological polar surface area (TPSA) is 57.7 Å². The van der Waals surface area contributed by atoms with Crippen molar-refractivity contribution in [2.24, 2.45) is 0 Å². The highest BCUT2D eigenvalue weighted by atomic mass is 35.5. The van der Waals surface area contributed by atoms with Gasteiger partial charge in [0, 0.05) is 25.2 Å². The Morgan fingerprint density at radius 3 is 2.78 bits per heavy atom. The van der Waals surface area contributed by atoms with Crippen molar-refractivity contribution >= 4 is 17.4 Å². The maximum Gasteiger partial charge on any atom is 0.417 e. The fourth-order valence-corrected chi connectivity index (χ4v) is 3.03. The molecule has 3 rings (SSSR count). The van der Waals surface area contributed by atoms with Crippen LogP contribution in [0.4, 0.5) is 19.0 Å². The Morgan fingerprint density at radius 2 is 2.17 bits per heavy atom. The largest absolute Gasteiger partial charge is 0.417 e. The summed E-state index contributed by atoms with van der Waals surface area (Å²) in [5, 5.41) is 6.99. The van der Waals surface area contributed by atoms with Gasteiger partial charge >= 0.3 is 6.18 Å². The SMILES string of the molecule is Cc1nc(C2CCCN(c3ncc(C(F)(F)F)cc3Cl)C2)n[nH]1. The number of rotatable bonds is 2. The Labute approximate surface area is 135 Å².